The van der Waals surface area contributed by atoms with E-state index in [9.17, 15) is 4.79 Å². The molecule has 2 aromatic rings. The maximum Gasteiger partial charge on any atom is 0.166 e. The van der Waals surface area contributed by atoms with Gasteiger partial charge in [-0.15, -0.1) is 0 Å². The molecule has 0 N–H and O–H groups in total. The molecular formula is C25H30O. The molecule has 0 fully saturated rings. The van der Waals surface area contributed by atoms with Crippen LogP contribution in [-0.2, 0) is 12.8 Å². The molecule has 0 amide bonds. The summed E-state index contributed by atoms with van der Waals surface area (Å²) in [5.41, 5.74) is 13.6. The minimum atomic E-state index is 0.190. The molecule has 4 rings (SSSR count). The monoisotopic (exact) mass is 346 g/mol. The SMILES string of the molecule is CC1=C(C)c2c(C)cc(C)cc2C1.Cc1cc(C)c2c(c1)C(=O)C(C)C2. The van der Waals surface area contributed by atoms with Crippen molar-refractivity contribution in [2.24, 2.45) is 5.92 Å². The Hall–Kier alpha value is -2.15. The van der Waals surface area contributed by atoms with Crippen LogP contribution in [0.5, 0.6) is 0 Å². The lowest BCUT2D eigenvalue weighted by Gasteiger charge is -2.07. The summed E-state index contributed by atoms with van der Waals surface area (Å²) in [6.45, 7) is 15.0. The molecule has 0 spiro atoms. The van der Waals surface area contributed by atoms with Crippen molar-refractivity contribution in [1.29, 1.82) is 0 Å². The zero-order valence-electron chi connectivity index (χ0n) is 17.2. The number of hydrogen-bond donors (Lipinski definition) is 0. The smallest absolute Gasteiger partial charge is 0.166 e. The Morgan fingerprint density at radius 3 is 2.15 bits per heavy atom. The molecule has 2 aliphatic carbocycles. The van der Waals surface area contributed by atoms with Crippen LogP contribution >= 0.6 is 0 Å². The average Bonchev–Trinajstić information content (AvgIpc) is 2.98. The molecular weight excluding hydrogens is 316 g/mol. The molecule has 2 aliphatic rings. The third-order valence-electron chi connectivity index (χ3n) is 5.87. The van der Waals surface area contributed by atoms with E-state index in [-0.39, 0.29) is 5.92 Å². The van der Waals surface area contributed by atoms with E-state index < -0.39 is 0 Å². The number of hydrogen-bond acceptors (Lipinski definition) is 1. The first-order valence-corrected chi connectivity index (χ1v) is 9.60. The standard InChI is InChI=1S/C13H16.C12H14O/c1-8-5-10(3)13-11(4)9(2)7-12(13)6-8;1-7-4-8(2)10-6-9(3)12(13)11(10)5-7/h5-6H,7H2,1-4H3;4-5,9H,6H2,1-3H3. The summed E-state index contributed by atoms with van der Waals surface area (Å²) in [6.07, 6.45) is 2.09. The number of allylic oxidation sites excluding steroid dienone is 2. The average molecular weight is 347 g/mol. The highest BCUT2D eigenvalue weighted by Crippen LogP contribution is 2.35. The van der Waals surface area contributed by atoms with Gasteiger partial charge in [0.2, 0.25) is 0 Å². The largest absolute Gasteiger partial charge is 0.294 e. The minimum Gasteiger partial charge on any atom is -0.294 e. The maximum absolute atomic E-state index is 11.7. The second-order valence-corrected chi connectivity index (χ2v) is 8.28. The summed E-state index contributed by atoms with van der Waals surface area (Å²) < 4.78 is 0. The van der Waals surface area contributed by atoms with Crippen molar-refractivity contribution >= 4 is 11.4 Å². The fourth-order valence-electron chi connectivity index (χ4n) is 4.52. The van der Waals surface area contributed by atoms with Crippen LogP contribution in [0, 0.1) is 33.6 Å². The molecule has 0 radical (unpaired) electrons. The molecule has 136 valence electrons. The van der Waals surface area contributed by atoms with Crippen LogP contribution in [0.1, 0.15) is 70.1 Å². The summed E-state index contributed by atoms with van der Waals surface area (Å²) in [6, 6.07) is 8.78. The van der Waals surface area contributed by atoms with Gasteiger partial charge < -0.3 is 0 Å². The zero-order chi connectivity index (χ0) is 19.2. The number of aryl methyl sites for hydroxylation is 4. The maximum atomic E-state index is 11.7. The Labute approximate surface area is 158 Å². The molecule has 1 heteroatoms. The lowest BCUT2D eigenvalue weighted by molar-refractivity contribution is 0.0946. The van der Waals surface area contributed by atoms with Crippen molar-refractivity contribution in [2.75, 3.05) is 0 Å². The summed E-state index contributed by atoms with van der Waals surface area (Å²) in [7, 11) is 0. The Morgan fingerprint density at radius 2 is 1.46 bits per heavy atom. The number of Topliss-reactive ketones (excluding diaryl/α,β-unsaturated/α-hetero) is 1. The Morgan fingerprint density at radius 1 is 0.846 bits per heavy atom. The third kappa shape index (κ3) is 3.28. The van der Waals surface area contributed by atoms with E-state index in [4.69, 9.17) is 0 Å². The van der Waals surface area contributed by atoms with Gasteiger partial charge in [-0.05, 0) is 93.8 Å². The molecule has 0 bridgehead atoms. The van der Waals surface area contributed by atoms with E-state index in [1.165, 1.54) is 50.1 Å². The Bertz CT molecular complexity index is 928. The van der Waals surface area contributed by atoms with Crippen molar-refractivity contribution in [3.05, 3.63) is 74.3 Å². The first-order chi connectivity index (χ1) is 12.2. The summed E-state index contributed by atoms with van der Waals surface area (Å²) in [5.74, 6) is 0.511. The molecule has 1 unspecified atom stereocenters. The van der Waals surface area contributed by atoms with Crippen LogP contribution in [0.3, 0.4) is 0 Å². The van der Waals surface area contributed by atoms with Gasteiger partial charge in [-0.25, -0.2) is 0 Å². The first-order valence-electron chi connectivity index (χ1n) is 9.60. The van der Waals surface area contributed by atoms with Crippen molar-refractivity contribution in [3.63, 3.8) is 0 Å². The van der Waals surface area contributed by atoms with E-state index in [0.717, 1.165) is 18.4 Å². The minimum absolute atomic E-state index is 0.190. The van der Waals surface area contributed by atoms with Crippen LogP contribution in [0.25, 0.3) is 5.57 Å². The normalized spacial score (nSPS) is 17.8. The number of benzene rings is 2. The number of fused-ring (bicyclic) bond motifs is 2. The fraction of sp³-hybridized carbons (Fsp3) is 0.400. The van der Waals surface area contributed by atoms with Gasteiger partial charge in [-0.3, -0.25) is 4.79 Å². The summed E-state index contributed by atoms with van der Waals surface area (Å²) in [4.78, 5) is 11.7. The Balaban J connectivity index is 0.000000151. The van der Waals surface area contributed by atoms with Crippen LogP contribution in [0.2, 0.25) is 0 Å². The lowest BCUT2D eigenvalue weighted by Crippen LogP contribution is -2.02. The molecule has 0 saturated heterocycles. The molecule has 1 atom stereocenters. The van der Waals surface area contributed by atoms with E-state index in [2.05, 4.69) is 52.8 Å². The third-order valence-corrected chi connectivity index (χ3v) is 5.87. The number of ketones is 1. The fourth-order valence-corrected chi connectivity index (χ4v) is 4.52. The lowest BCUT2D eigenvalue weighted by atomic mass is 9.98. The van der Waals surface area contributed by atoms with Gasteiger partial charge in [-0.2, -0.15) is 0 Å². The number of rotatable bonds is 0. The summed E-state index contributed by atoms with van der Waals surface area (Å²) in [5, 5.41) is 0. The van der Waals surface area contributed by atoms with Crippen LogP contribution < -0.4 is 0 Å². The molecule has 0 heterocycles. The highest BCUT2D eigenvalue weighted by molar-refractivity contribution is 6.02. The van der Waals surface area contributed by atoms with Crippen molar-refractivity contribution in [1.82, 2.24) is 0 Å². The van der Waals surface area contributed by atoms with Gasteiger partial charge >= 0.3 is 0 Å². The topological polar surface area (TPSA) is 17.1 Å². The predicted molar refractivity (Wildman–Crippen MR) is 111 cm³/mol. The van der Waals surface area contributed by atoms with Crippen molar-refractivity contribution < 1.29 is 4.79 Å². The zero-order valence-corrected chi connectivity index (χ0v) is 17.2. The number of carbonyl (C=O) groups is 1. The van der Waals surface area contributed by atoms with Crippen LogP contribution in [-0.4, -0.2) is 5.78 Å². The van der Waals surface area contributed by atoms with Gasteiger partial charge in [0.05, 0.1) is 0 Å². The highest BCUT2D eigenvalue weighted by atomic mass is 16.1. The van der Waals surface area contributed by atoms with E-state index in [1.54, 1.807) is 0 Å². The molecule has 1 nitrogen and oxygen atoms in total. The van der Waals surface area contributed by atoms with Gasteiger partial charge in [-0.1, -0.05) is 41.8 Å². The van der Waals surface area contributed by atoms with E-state index >= 15 is 0 Å². The van der Waals surface area contributed by atoms with Crippen molar-refractivity contribution in [2.45, 2.75) is 61.3 Å². The molecule has 0 aliphatic heterocycles. The first kappa shape index (κ1) is 18.6. The highest BCUT2D eigenvalue weighted by Gasteiger charge is 2.27. The van der Waals surface area contributed by atoms with E-state index in [0.29, 0.717) is 5.78 Å². The predicted octanol–water partition coefficient (Wildman–Crippen LogP) is 6.33. The quantitative estimate of drug-likeness (QED) is 0.544. The van der Waals surface area contributed by atoms with Gasteiger partial charge in [0.25, 0.3) is 0 Å². The van der Waals surface area contributed by atoms with Crippen LogP contribution in [0.4, 0.5) is 0 Å². The van der Waals surface area contributed by atoms with Gasteiger partial charge in [0, 0.05) is 11.5 Å². The number of carbonyl (C=O) groups excluding carboxylic acids is 1. The molecule has 26 heavy (non-hydrogen) atoms. The molecule has 0 saturated carbocycles. The second-order valence-electron chi connectivity index (χ2n) is 8.28. The van der Waals surface area contributed by atoms with Crippen molar-refractivity contribution in [3.8, 4) is 0 Å². The van der Waals surface area contributed by atoms with E-state index in [1.807, 2.05) is 19.9 Å². The Kier molecular flexibility index (Phi) is 4.92. The van der Waals surface area contributed by atoms with Gasteiger partial charge in [0.1, 0.15) is 0 Å². The summed E-state index contributed by atoms with van der Waals surface area (Å²) >= 11 is 0. The second kappa shape index (κ2) is 6.87. The molecule has 0 aromatic heterocycles. The van der Waals surface area contributed by atoms with Crippen LogP contribution in [0.15, 0.2) is 29.8 Å². The van der Waals surface area contributed by atoms with Gasteiger partial charge in [0.15, 0.2) is 5.78 Å². The molecule has 2 aromatic carbocycles.